The first kappa shape index (κ1) is 13.0. The molecule has 1 heterocycles. The van der Waals surface area contributed by atoms with Gasteiger partial charge in [0.1, 0.15) is 0 Å². The van der Waals surface area contributed by atoms with Crippen molar-refractivity contribution in [2.24, 2.45) is 5.92 Å². The van der Waals surface area contributed by atoms with Crippen LogP contribution in [0.5, 0.6) is 0 Å². The zero-order valence-electron chi connectivity index (χ0n) is 10.1. The number of aromatic nitrogens is 3. The second kappa shape index (κ2) is 5.92. The van der Waals surface area contributed by atoms with E-state index in [0.29, 0.717) is 25.0 Å². The molecule has 2 rings (SSSR count). The number of nitrogens with one attached hydrogen (secondary N) is 1. The van der Waals surface area contributed by atoms with E-state index in [1.54, 1.807) is 0 Å². The normalized spacial score (nSPS) is 23.4. The third-order valence-electron chi connectivity index (χ3n) is 3.40. The fourth-order valence-electron chi connectivity index (χ4n) is 2.39. The molecule has 7 nitrogen and oxygen atoms in total. The highest BCUT2D eigenvalue weighted by atomic mass is 16.4. The average molecular weight is 254 g/mol. The van der Waals surface area contributed by atoms with Gasteiger partial charge in [-0.3, -0.25) is 4.68 Å². The van der Waals surface area contributed by atoms with Gasteiger partial charge < -0.3 is 15.5 Å². The van der Waals surface area contributed by atoms with Crippen LogP contribution in [0.1, 0.15) is 29.8 Å². The van der Waals surface area contributed by atoms with E-state index in [1.165, 1.54) is 10.9 Å². The minimum atomic E-state index is -1.06. The van der Waals surface area contributed by atoms with Crippen molar-refractivity contribution in [1.29, 1.82) is 0 Å². The molecule has 1 aliphatic carbocycles. The third-order valence-corrected chi connectivity index (χ3v) is 3.40. The zero-order chi connectivity index (χ0) is 13.0. The molecule has 2 unspecified atom stereocenters. The van der Waals surface area contributed by atoms with Crippen molar-refractivity contribution in [1.82, 2.24) is 20.3 Å². The van der Waals surface area contributed by atoms with E-state index in [2.05, 4.69) is 15.6 Å². The predicted octanol–water partition coefficient (Wildman–Crippen LogP) is -0.273. The summed E-state index contributed by atoms with van der Waals surface area (Å²) in [5.74, 6) is -0.722. The van der Waals surface area contributed by atoms with Crippen LogP contribution in [0.2, 0.25) is 0 Å². The number of carboxylic acids is 1. The average Bonchev–Trinajstić information content (AvgIpc) is 2.97. The topological polar surface area (TPSA) is 100 Å². The van der Waals surface area contributed by atoms with Crippen molar-refractivity contribution in [2.75, 3.05) is 13.2 Å². The Kier molecular flexibility index (Phi) is 4.27. The lowest BCUT2D eigenvalue weighted by molar-refractivity contribution is 0.0690. The van der Waals surface area contributed by atoms with Crippen LogP contribution in [-0.2, 0) is 6.54 Å². The van der Waals surface area contributed by atoms with Crippen molar-refractivity contribution in [3.8, 4) is 0 Å². The fraction of sp³-hybridized carbons (Fsp3) is 0.727. The molecule has 1 aliphatic rings. The molecule has 7 heteroatoms. The van der Waals surface area contributed by atoms with Crippen LogP contribution in [0, 0.1) is 5.92 Å². The molecule has 0 bridgehead atoms. The Bertz CT molecular complexity index is 407. The van der Waals surface area contributed by atoms with Gasteiger partial charge in [0.2, 0.25) is 0 Å². The number of aliphatic hydroxyl groups excluding tert-OH is 1. The van der Waals surface area contributed by atoms with Crippen LogP contribution >= 0.6 is 0 Å². The Morgan fingerprint density at radius 2 is 2.39 bits per heavy atom. The first-order valence-corrected chi connectivity index (χ1v) is 6.18. The Balaban J connectivity index is 1.76. The molecule has 1 aromatic rings. The van der Waals surface area contributed by atoms with Crippen LogP contribution in [0.25, 0.3) is 0 Å². The lowest BCUT2D eigenvalue weighted by atomic mass is 10.1. The Morgan fingerprint density at radius 3 is 3.06 bits per heavy atom. The van der Waals surface area contributed by atoms with Gasteiger partial charge in [-0.2, -0.15) is 0 Å². The first-order valence-electron chi connectivity index (χ1n) is 6.18. The van der Waals surface area contributed by atoms with Gasteiger partial charge >= 0.3 is 5.97 Å². The minimum Gasteiger partial charge on any atom is -0.476 e. The number of nitrogens with zero attached hydrogens (tertiary/aromatic N) is 3. The van der Waals surface area contributed by atoms with E-state index in [0.717, 1.165) is 19.3 Å². The first-order chi connectivity index (χ1) is 8.70. The van der Waals surface area contributed by atoms with Gasteiger partial charge in [-0.05, 0) is 18.8 Å². The number of hydrogen-bond donors (Lipinski definition) is 3. The molecule has 0 saturated heterocycles. The lowest BCUT2D eigenvalue weighted by Gasteiger charge is -2.18. The predicted molar refractivity (Wildman–Crippen MR) is 63.2 cm³/mol. The highest BCUT2D eigenvalue weighted by Gasteiger charge is 2.25. The lowest BCUT2D eigenvalue weighted by Crippen LogP contribution is -2.36. The molecule has 3 N–H and O–H groups in total. The Morgan fingerprint density at radius 1 is 1.56 bits per heavy atom. The molecular formula is C11H18N4O3. The van der Waals surface area contributed by atoms with E-state index in [4.69, 9.17) is 5.11 Å². The van der Waals surface area contributed by atoms with Crippen LogP contribution < -0.4 is 5.32 Å². The van der Waals surface area contributed by atoms with Crippen LogP contribution in [0.4, 0.5) is 0 Å². The maximum Gasteiger partial charge on any atom is 0.358 e. The van der Waals surface area contributed by atoms with Gasteiger partial charge in [-0.1, -0.05) is 11.6 Å². The molecule has 0 aromatic carbocycles. The van der Waals surface area contributed by atoms with Crippen LogP contribution in [0.3, 0.4) is 0 Å². The highest BCUT2D eigenvalue weighted by Crippen LogP contribution is 2.24. The van der Waals surface area contributed by atoms with E-state index in [9.17, 15) is 9.90 Å². The molecule has 0 amide bonds. The Labute approximate surface area is 105 Å². The maximum absolute atomic E-state index is 10.6. The molecule has 1 saturated carbocycles. The number of hydrogen-bond acceptors (Lipinski definition) is 5. The van der Waals surface area contributed by atoms with Crippen molar-refractivity contribution < 1.29 is 15.0 Å². The summed E-state index contributed by atoms with van der Waals surface area (Å²) < 4.78 is 1.51. The molecule has 0 aliphatic heterocycles. The van der Waals surface area contributed by atoms with Gasteiger partial charge in [-0.25, -0.2) is 4.79 Å². The third kappa shape index (κ3) is 3.05. The largest absolute Gasteiger partial charge is 0.476 e. The van der Waals surface area contributed by atoms with Gasteiger partial charge in [0.25, 0.3) is 0 Å². The molecule has 0 radical (unpaired) electrons. The SMILES string of the molecule is O=C(O)c1cn(CCNC2CCCC2CO)nn1. The molecule has 1 fully saturated rings. The summed E-state index contributed by atoms with van der Waals surface area (Å²) in [6, 6.07) is 0.359. The smallest absolute Gasteiger partial charge is 0.358 e. The van der Waals surface area contributed by atoms with Crippen molar-refractivity contribution >= 4 is 5.97 Å². The van der Waals surface area contributed by atoms with Gasteiger partial charge in [-0.15, -0.1) is 5.10 Å². The van der Waals surface area contributed by atoms with Crippen LogP contribution in [-0.4, -0.2) is 50.4 Å². The summed E-state index contributed by atoms with van der Waals surface area (Å²) in [4.78, 5) is 10.6. The van der Waals surface area contributed by atoms with E-state index in [1.807, 2.05) is 0 Å². The zero-order valence-corrected chi connectivity index (χ0v) is 10.1. The number of aromatic carboxylic acids is 1. The molecule has 1 aromatic heterocycles. The maximum atomic E-state index is 10.6. The molecular weight excluding hydrogens is 236 g/mol. The van der Waals surface area contributed by atoms with Crippen molar-refractivity contribution in [2.45, 2.75) is 31.8 Å². The standard InChI is InChI=1S/C11H18N4O3/c16-7-8-2-1-3-9(8)12-4-5-15-6-10(11(17)18)13-14-15/h6,8-9,12,16H,1-5,7H2,(H,17,18). The quantitative estimate of drug-likeness (QED) is 0.646. The summed E-state index contributed by atoms with van der Waals surface area (Å²) in [5, 5.41) is 28.5. The van der Waals surface area contributed by atoms with Crippen molar-refractivity contribution in [3.63, 3.8) is 0 Å². The monoisotopic (exact) mass is 254 g/mol. The second-order valence-electron chi connectivity index (χ2n) is 4.61. The number of carbonyl (C=O) groups is 1. The molecule has 0 spiro atoms. The minimum absolute atomic E-state index is 0.0379. The fourth-order valence-corrected chi connectivity index (χ4v) is 2.39. The second-order valence-corrected chi connectivity index (χ2v) is 4.61. The Hall–Kier alpha value is -1.47. The number of carboxylic acid groups (broad SMARTS) is 1. The van der Waals surface area contributed by atoms with Crippen LogP contribution in [0.15, 0.2) is 6.20 Å². The van der Waals surface area contributed by atoms with E-state index < -0.39 is 5.97 Å². The van der Waals surface area contributed by atoms with E-state index >= 15 is 0 Å². The summed E-state index contributed by atoms with van der Waals surface area (Å²) in [6.45, 7) is 1.50. The van der Waals surface area contributed by atoms with Crippen molar-refractivity contribution in [3.05, 3.63) is 11.9 Å². The van der Waals surface area contributed by atoms with E-state index in [-0.39, 0.29) is 12.3 Å². The summed E-state index contributed by atoms with van der Waals surface area (Å²) in [7, 11) is 0. The molecule has 2 atom stereocenters. The highest BCUT2D eigenvalue weighted by molar-refractivity contribution is 5.84. The molecule has 18 heavy (non-hydrogen) atoms. The molecule has 100 valence electrons. The van der Waals surface area contributed by atoms with Gasteiger partial charge in [0.05, 0.1) is 12.7 Å². The summed E-state index contributed by atoms with van der Waals surface area (Å²) in [5.41, 5.74) is -0.0379. The van der Waals surface area contributed by atoms with Gasteiger partial charge in [0, 0.05) is 19.2 Å². The number of aliphatic hydroxyl groups is 1. The summed E-state index contributed by atoms with van der Waals surface area (Å²) in [6.07, 6.45) is 4.72. The summed E-state index contributed by atoms with van der Waals surface area (Å²) >= 11 is 0. The number of rotatable bonds is 6. The van der Waals surface area contributed by atoms with Gasteiger partial charge in [0.15, 0.2) is 5.69 Å².